The SMILES string of the molecule is COc1cc(N)cc(Sc2ccccc2Cl)c1. The van der Waals surface area contributed by atoms with Crippen molar-refractivity contribution in [1.29, 1.82) is 0 Å². The molecule has 2 nitrogen and oxygen atoms in total. The van der Waals surface area contributed by atoms with Gasteiger partial charge in [0.15, 0.2) is 0 Å². The minimum absolute atomic E-state index is 0.680. The highest BCUT2D eigenvalue weighted by molar-refractivity contribution is 7.99. The van der Waals surface area contributed by atoms with E-state index in [-0.39, 0.29) is 0 Å². The molecule has 0 bridgehead atoms. The Morgan fingerprint density at radius 1 is 1.18 bits per heavy atom. The van der Waals surface area contributed by atoms with E-state index in [2.05, 4.69) is 0 Å². The van der Waals surface area contributed by atoms with Gasteiger partial charge in [-0.15, -0.1) is 0 Å². The Labute approximate surface area is 110 Å². The number of nitrogens with two attached hydrogens (primary N) is 1. The third kappa shape index (κ3) is 3.08. The lowest BCUT2D eigenvalue weighted by Gasteiger charge is -2.07. The first kappa shape index (κ1) is 12.1. The molecule has 0 amide bonds. The van der Waals surface area contributed by atoms with Crippen LogP contribution in [-0.4, -0.2) is 7.11 Å². The van der Waals surface area contributed by atoms with E-state index in [1.165, 1.54) is 0 Å². The fourth-order valence-corrected chi connectivity index (χ4v) is 2.61. The Kier molecular flexibility index (Phi) is 3.82. The number of anilines is 1. The minimum atomic E-state index is 0.680. The van der Waals surface area contributed by atoms with Crippen molar-refractivity contribution in [1.82, 2.24) is 0 Å². The maximum atomic E-state index is 6.10. The van der Waals surface area contributed by atoms with Crippen molar-refractivity contribution in [3.63, 3.8) is 0 Å². The van der Waals surface area contributed by atoms with Crippen molar-refractivity contribution >= 4 is 29.1 Å². The lowest BCUT2D eigenvalue weighted by Crippen LogP contribution is -1.89. The molecule has 0 aliphatic heterocycles. The molecule has 2 aromatic carbocycles. The van der Waals surface area contributed by atoms with Crippen LogP contribution in [0.1, 0.15) is 0 Å². The van der Waals surface area contributed by atoms with Crippen LogP contribution in [-0.2, 0) is 0 Å². The quantitative estimate of drug-likeness (QED) is 0.850. The van der Waals surface area contributed by atoms with E-state index >= 15 is 0 Å². The van der Waals surface area contributed by atoms with Crippen LogP contribution < -0.4 is 10.5 Å². The molecule has 0 saturated carbocycles. The molecule has 2 rings (SSSR count). The van der Waals surface area contributed by atoms with E-state index in [1.54, 1.807) is 24.9 Å². The zero-order valence-corrected chi connectivity index (χ0v) is 10.9. The van der Waals surface area contributed by atoms with Crippen molar-refractivity contribution < 1.29 is 4.74 Å². The maximum absolute atomic E-state index is 6.10. The molecular formula is C13H12ClNOS. The standard InChI is InChI=1S/C13H12ClNOS/c1-16-10-6-9(15)7-11(8-10)17-13-5-3-2-4-12(13)14/h2-8H,15H2,1H3. The molecule has 0 fully saturated rings. The van der Waals surface area contributed by atoms with Crippen molar-refractivity contribution in [3.05, 3.63) is 47.5 Å². The molecule has 0 atom stereocenters. The molecule has 0 saturated heterocycles. The summed E-state index contributed by atoms with van der Waals surface area (Å²) in [5.74, 6) is 0.750. The summed E-state index contributed by atoms with van der Waals surface area (Å²) in [6.07, 6.45) is 0. The molecule has 0 unspecified atom stereocenters. The summed E-state index contributed by atoms with van der Waals surface area (Å²) in [7, 11) is 1.62. The fraction of sp³-hybridized carbons (Fsp3) is 0.0769. The van der Waals surface area contributed by atoms with Crippen LogP contribution in [0.5, 0.6) is 5.75 Å². The predicted octanol–water partition coefficient (Wildman–Crippen LogP) is 4.08. The number of ether oxygens (including phenoxy) is 1. The number of rotatable bonds is 3. The first-order valence-electron chi connectivity index (χ1n) is 5.06. The van der Waals surface area contributed by atoms with Crippen molar-refractivity contribution in [2.24, 2.45) is 0 Å². The van der Waals surface area contributed by atoms with Gasteiger partial charge in [-0.3, -0.25) is 0 Å². The van der Waals surface area contributed by atoms with Crippen molar-refractivity contribution in [3.8, 4) is 5.75 Å². The van der Waals surface area contributed by atoms with Crippen LogP contribution in [0.4, 0.5) is 5.69 Å². The number of methoxy groups -OCH3 is 1. The lowest BCUT2D eigenvalue weighted by molar-refractivity contribution is 0.414. The number of halogens is 1. The molecule has 0 radical (unpaired) electrons. The van der Waals surface area contributed by atoms with Crippen molar-refractivity contribution in [2.45, 2.75) is 9.79 Å². The number of hydrogen-bond donors (Lipinski definition) is 1. The van der Waals surface area contributed by atoms with Crippen LogP contribution >= 0.6 is 23.4 Å². The van der Waals surface area contributed by atoms with Gasteiger partial charge in [0.25, 0.3) is 0 Å². The first-order valence-corrected chi connectivity index (χ1v) is 6.25. The Balaban J connectivity index is 2.30. The average molecular weight is 266 g/mol. The number of hydrogen-bond acceptors (Lipinski definition) is 3. The summed E-state index contributed by atoms with van der Waals surface area (Å²) < 4.78 is 5.18. The molecular weight excluding hydrogens is 254 g/mol. The highest BCUT2D eigenvalue weighted by Crippen LogP contribution is 2.35. The van der Waals surface area contributed by atoms with E-state index in [1.807, 2.05) is 36.4 Å². The van der Waals surface area contributed by atoms with Gasteiger partial charge in [0.1, 0.15) is 5.75 Å². The van der Waals surface area contributed by atoms with Gasteiger partial charge in [-0.1, -0.05) is 35.5 Å². The van der Waals surface area contributed by atoms with Gasteiger partial charge in [-0.2, -0.15) is 0 Å². The van der Waals surface area contributed by atoms with E-state index in [0.29, 0.717) is 5.69 Å². The average Bonchev–Trinajstić information content (AvgIpc) is 2.31. The monoisotopic (exact) mass is 265 g/mol. The van der Waals surface area contributed by atoms with E-state index in [4.69, 9.17) is 22.1 Å². The Morgan fingerprint density at radius 2 is 1.94 bits per heavy atom. The number of nitrogen functional groups attached to an aromatic ring is 1. The highest BCUT2D eigenvalue weighted by atomic mass is 35.5. The molecule has 4 heteroatoms. The van der Waals surface area contributed by atoms with Gasteiger partial charge in [0, 0.05) is 21.5 Å². The molecule has 88 valence electrons. The zero-order valence-electron chi connectivity index (χ0n) is 9.31. The van der Waals surface area contributed by atoms with Crippen LogP contribution in [0, 0.1) is 0 Å². The van der Waals surface area contributed by atoms with Gasteiger partial charge in [-0.25, -0.2) is 0 Å². The Morgan fingerprint density at radius 3 is 2.65 bits per heavy atom. The minimum Gasteiger partial charge on any atom is -0.497 e. The van der Waals surface area contributed by atoms with Crippen LogP contribution in [0.2, 0.25) is 5.02 Å². The summed E-state index contributed by atoms with van der Waals surface area (Å²) in [6.45, 7) is 0. The third-order valence-corrected chi connectivity index (χ3v) is 3.69. The maximum Gasteiger partial charge on any atom is 0.122 e. The predicted molar refractivity (Wildman–Crippen MR) is 73.0 cm³/mol. The van der Waals surface area contributed by atoms with Gasteiger partial charge >= 0.3 is 0 Å². The van der Waals surface area contributed by atoms with E-state index in [9.17, 15) is 0 Å². The molecule has 0 heterocycles. The second-order valence-corrected chi connectivity index (χ2v) is 5.00. The molecule has 0 aromatic heterocycles. The van der Waals surface area contributed by atoms with Crippen LogP contribution in [0.25, 0.3) is 0 Å². The normalized spacial score (nSPS) is 10.2. The van der Waals surface area contributed by atoms with E-state index in [0.717, 1.165) is 20.6 Å². The Hall–Kier alpha value is -1.32. The second-order valence-electron chi connectivity index (χ2n) is 3.47. The second kappa shape index (κ2) is 5.34. The summed E-state index contributed by atoms with van der Waals surface area (Å²) in [6, 6.07) is 13.3. The topological polar surface area (TPSA) is 35.2 Å². The van der Waals surface area contributed by atoms with Gasteiger partial charge in [0.05, 0.1) is 12.1 Å². The largest absolute Gasteiger partial charge is 0.497 e. The Bertz CT molecular complexity index is 531. The van der Waals surface area contributed by atoms with Crippen LogP contribution in [0.15, 0.2) is 52.3 Å². The highest BCUT2D eigenvalue weighted by Gasteiger charge is 2.04. The third-order valence-electron chi connectivity index (χ3n) is 2.20. The zero-order chi connectivity index (χ0) is 12.3. The van der Waals surface area contributed by atoms with Crippen molar-refractivity contribution in [2.75, 3.05) is 12.8 Å². The first-order chi connectivity index (χ1) is 8.19. The smallest absolute Gasteiger partial charge is 0.122 e. The van der Waals surface area contributed by atoms with Gasteiger partial charge in [0.2, 0.25) is 0 Å². The molecule has 0 aliphatic carbocycles. The van der Waals surface area contributed by atoms with Gasteiger partial charge in [-0.05, 0) is 24.3 Å². The molecule has 2 aromatic rings. The summed E-state index contributed by atoms with van der Waals surface area (Å²) in [4.78, 5) is 2.01. The van der Waals surface area contributed by atoms with Crippen LogP contribution in [0.3, 0.4) is 0 Å². The van der Waals surface area contributed by atoms with E-state index < -0.39 is 0 Å². The molecule has 0 spiro atoms. The summed E-state index contributed by atoms with van der Waals surface area (Å²) in [5, 5.41) is 0.735. The fourth-order valence-electron chi connectivity index (χ4n) is 1.42. The lowest BCUT2D eigenvalue weighted by atomic mass is 10.3. The molecule has 17 heavy (non-hydrogen) atoms. The molecule has 2 N–H and O–H groups in total. The number of benzene rings is 2. The summed E-state index contributed by atoms with van der Waals surface area (Å²) >= 11 is 7.67. The molecule has 0 aliphatic rings. The summed E-state index contributed by atoms with van der Waals surface area (Å²) in [5.41, 5.74) is 6.48. The van der Waals surface area contributed by atoms with Gasteiger partial charge < -0.3 is 10.5 Å².